The molecule has 0 aromatic carbocycles. The molecule has 1 aliphatic rings. The summed E-state index contributed by atoms with van der Waals surface area (Å²) < 4.78 is 1.36. The van der Waals surface area contributed by atoms with E-state index in [0.717, 1.165) is 25.9 Å². The molecule has 1 saturated heterocycles. The van der Waals surface area contributed by atoms with Gasteiger partial charge in [0.15, 0.2) is 0 Å². The Balaban J connectivity index is 1.69. The van der Waals surface area contributed by atoms with Gasteiger partial charge in [0, 0.05) is 13.1 Å². The molecule has 3 heterocycles. The van der Waals surface area contributed by atoms with Gasteiger partial charge in [-0.3, -0.25) is 4.79 Å². The second-order valence-corrected chi connectivity index (χ2v) is 4.85. The Bertz CT molecular complexity index is 625. The number of halogens is 1. The van der Waals surface area contributed by atoms with Crippen LogP contribution in [0.2, 0.25) is 5.28 Å². The minimum atomic E-state index is 0.0198. The number of rotatable bonds is 4. The second kappa shape index (κ2) is 6.00. The molecule has 0 unspecified atom stereocenters. The Labute approximate surface area is 125 Å². The number of hydrogen-bond donors (Lipinski definition) is 1. The molecule has 0 radical (unpaired) electrons. The van der Waals surface area contributed by atoms with Crippen molar-refractivity contribution >= 4 is 23.5 Å². The summed E-state index contributed by atoms with van der Waals surface area (Å²) in [6, 6.07) is 0. The van der Waals surface area contributed by atoms with E-state index in [9.17, 15) is 4.79 Å². The first-order valence-electron chi connectivity index (χ1n) is 6.50. The summed E-state index contributed by atoms with van der Waals surface area (Å²) in [5, 5.41) is 6.80. The third kappa shape index (κ3) is 3.24. The highest BCUT2D eigenvalue weighted by molar-refractivity contribution is 6.28. The highest BCUT2D eigenvalue weighted by Crippen LogP contribution is 2.10. The number of anilines is 1. The molecule has 1 fully saturated rings. The van der Waals surface area contributed by atoms with Gasteiger partial charge in [0.2, 0.25) is 17.1 Å². The van der Waals surface area contributed by atoms with E-state index in [2.05, 4.69) is 30.4 Å². The molecule has 1 N–H and O–H groups in total. The lowest BCUT2D eigenvalue weighted by atomic mass is 10.4. The third-order valence-electron chi connectivity index (χ3n) is 3.08. The van der Waals surface area contributed by atoms with Crippen LogP contribution in [0, 0.1) is 0 Å². The van der Waals surface area contributed by atoms with Gasteiger partial charge in [-0.15, -0.1) is 0 Å². The molecular formula is C11H13ClN8O. The largest absolute Gasteiger partial charge is 0.345 e. The Morgan fingerprint density at radius 3 is 2.81 bits per heavy atom. The van der Waals surface area contributed by atoms with Crippen LogP contribution in [-0.2, 0) is 4.79 Å². The van der Waals surface area contributed by atoms with Crippen molar-refractivity contribution < 1.29 is 4.79 Å². The van der Waals surface area contributed by atoms with Crippen LogP contribution in [0.25, 0.3) is 5.95 Å². The maximum absolute atomic E-state index is 11.9. The standard InChI is InChI=1S/C11H13ClN8O/c12-9-16-10(14-5-8(21)19-3-1-2-4-19)18-11(17-9)20-7-13-6-15-20/h6-7H,1-5H2,(H,14,16,17,18). The molecule has 0 bridgehead atoms. The van der Waals surface area contributed by atoms with Crippen molar-refractivity contribution in [3.63, 3.8) is 0 Å². The molecule has 1 amide bonds. The van der Waals surface area contributed by atoms with Crippen LogP contribution < -0.4 is 5.32 Å². The van der Waals surface area contributed by atoms with Crippen molar-refractivity contribution in [2.75, 3.05) is 25.0 Å². The minimum Gasteiger partial charge on any atom is -0.345 e. The predicted molar refractivity (Wildman–Crippen MR) is 74.1 cm³/mol. The highest BCUT2D eigenvalue weighted by Gasteiger charge is 2.18. The number of hydrogen-bond acceptors (Lipinski definition) is 7. The molecule has 2 aromatic rings. The van der Waals surface area contributed by atoms with Crippen molar-refractivity contribution in [1.82, 2.24) is 34.6 Å². The SMILES string of the molecule is O=C(CNc1nc(Cl)nc(-n2cncn2)n1)N1CCCC1. The van der Waals surface area contributed by atoms with Gasteiger partial charge >= 0.3 is 0 Å². The van der Waals surface area contributed by atoms with Crippen molar-refractivity contribution in [2.45, 2.75) is 12.8 Å². The smallest absolute Gasteiger partial charge is 0.258 e. The van der Waals surface area contributed by atoms with E-state index in [1.54, 1.807) is 0 Å². The highest BCUT2D eigenvalue weighted by atomic mass is 35.5. The Morgan fingerprint density at radius 1 is 1.29 bits per heavy atom. The molecule has 1 aliphatic heterocycles. The van der Waals surface area contributed by atoms with Gasteiger partial charge in [-0.1, -0.05) is 0 Å². The zero-order valence-electron chi connectivity index (χ0n) is 11.1. The quantitative estimate of drug-likeness (QED) is 0.857. The summed E-state index contributed by atoms with van der Waals surface area (Å²) in [4.78, 5) is 29.6. The van der Waals surface area contributed by atoms with Gasteiger partial charge < -0.3 is 10.2 Å². The van der Waals surface area contributed by atoms with E-state index in [1.165, 1.54) is 17.3 Å². The van der Waals surface area contributed by atoms with Crippen LogP contribution >= 0.6 is 11.6 Å². The number of nitrogens with zero attached hydrogens (tertiary/aromatic N) is 7. The number of nitrogens with one attached hydrogen (secondary N) is 1. The zero-order valence-corrected chi connectivity index (χ0v) is 11.9. The lowest BCUT2D eigenvalue weighted by molar-refractivity contribution is -0.128. The summed E-state index contributed by atoms with van der Waals surface area (Å²) in [5.41, 5.74) is 0. The molecule has 0 atom stereocenters. The van der Waals surface area contributed by atoms with Gasteiger partial charge in [-0.25, -0.2) is 4.98 Å². The van der Waals surface area contributed by atoms with Crippen molar-refractivity contribution in [3.05, 3.63) is 17.9 Å². The maximum atomic E-state index is 11.9. The van der Waals surface area contributed by atoms with Crippen LogP contribution in [-0.4, -0.2) is 60.2 Å². The molecule has 2 aromatic heterocycles. The van der Waals surface area contributed by atoms with Crippen LogP contribution in [0.5, 0.6) is 0 Å². The van der Waals surface area contributed by atoms with Crippen LogP contribution in [0.4, 0.5) is 5.95 Å². The number of amides is 1. The van der Waals surface area contributed by atoms with Crippen LogP contribution in [0.15, 0.2) is 12.7 Å². The lowest BCUT2D eigenvalue weighted by Crippen LogP contribution is -2.33. The number of carbonyl (C=O) groups is 1. The molecule has 0 saturated carbocycles. The Kier molecular flexibility index (Phi) is 3.91. The van der Waals surface area contributed by atoms with Gasteiger partial charge in [0.1, 0.15) is 12.7 Å². The summed E-state index contributed by atoms with van der Waals surface area (Å²) in [6.07, 6.45) is 4.92. The zero-order chi connectivity index (χ0) is 14.7. The molecule has 0 spiro atoms. The fraction of sp³-hybridized carbons (Fsp3) is 0.455. The average molecular weight is 309 g/mol. The van der Waals surface area contributed by atoms with Gasteiger partial charge in [-0.2, -0.15) is 24.7 Å². The summed E-state index contributed by atoms with van der Waals surface area (Å²) in [5.74, 6) is 0.489. The first kappa shape index (κ1) is 13.7. The molecule has 21 heavy (non-hydrogen) atoms. The van der Waals surface area contributed by atoms with Crippen molar-refractivity contribution in [3.8, 4) is 5.95 Å². The topological polar surface area (TPSA) is 102 Å². The summed E-state index contributed by atoms with van der Waals surface area (Å²) in [6.45, 7) is 1.74. The van der Waals surface area contributed by atoms with Gasteiger partial charge in [0.05, 0.1) is 6.54 Å². The van der Waals surface area contributed by atoms with E-state index < -0.39 is 0 Å². The first-order chi connectivity index (χ1) is 10.2. The predicted octanol–water partition coefficient (Wildman–Crippen LogP) is 0.140. The first-order valence-corrected chi connectivity index (χ1v) is 6.88. The second-order valence-electron chi connectivity index (χ2n) is 4.51. The third-order valence-corrected chi connectivity index (χ3v) is 3.25. The van der Waals surface area contributed by atoms with E-state index in [0.29, 0.717) is 0 Å². The lowest BCUT2D eigenvalue weighted by Gasteiger charge is -2.15. The van der Waals surface area contributed by atoms with Gasteiger partial charge in [0.25, 0.3) is 5.95 Å². The molecule has 3 rings (SSSR count). The number of aromatic nitrogens is 6. The minimum absolute atomic E-state index is 0.0198. The molecule has 9 nitrogen and oxygen atoms in total. The number of likely N-dealkylation sites (tertiary alicyclic amines) is 1. The molecule has 110 valence electrons. The van der Waals surface area contributed by atoms with Crippen LogP contribution in [0.1, 0.15) is 12.8 Å². The fourth-order valence-electron chi connectivity index (χ4n) is 2.07. The van der Waals surface area contributed by atoms with E-state index in [4.69, 9.17) is 11.6 Å². The van der Waals surface area contributed by atoms with Crippen molar-refractivity contribution in [1.29, 1.82) is 0 Å². The average Bonchev–Trinajstić information content (AvgIpc) is 3.16. The van der Waals surface area contributed by atoms with Crippen molar-refractivity contribution in [2.24, 2.45) is 0 Å². The van der Waals surface area contributed by atoms with E-state index in [-0.39, 0.29) is 29.6 Å². The Morgan fingerprint density at radius 2 is 2.10 bits per heavy atom. The number of carbonyl (C=O) groups excluding carboxylic acids is 1. The molecular weight excluding hydrogens is 296 g/mol. The van der Waals surface area contributed by atoms with Crippen LogP contribution in [0.3, 0.4) is 0 Å². The van der Waals surface area contributed by atoms with E-state index in [1.807, 2.05) is 4.90 Å². The van der Waals surface area contributed by atoms with Gasteiger partial charge in [-0.05, 0) is 24.4 Å². The van der Waals surface area contributed by atoms with E-state index >= 15 is 0 Å². The molecule has 0 aliphatic carbocycles. The normalized spacial score (nSPS) is 14.4. The monoisotopic (exact) mass is 308 g/mol. The Hall–Kier alpha value is -2.29. The molecule has 10 heteroatoms. The summed E-state index contributed by atoms with van der Waals surface area (Å²) in [7, 11) is 0. The maximum Gasteiger partial charge on any atom is 0.258 e. The summed E-state index contributed by atoms with van der Waals surface area (Å²) >= 11 is 5.85. The fourth-order valence-corrected chi connectivity index (χ4v) is 2.22.